The number of hydrogen-bond acceptors (Lipinski definition) is 31. The molecule has 9 heterocycles. The highest BCUT2D eigenvalue weighted by molar-refractivity contribution is 5.80. The summed E-state index contributed by atoms with van der Waals surface area (Å²) in [5.74, 6) is -3.74. The van der Waals surface area contributed by atoms with E-state index in [1.54, 1.807) is 6.92 Å². The van der Waals surface area contributed by atoms with Gasteiger partial charge < -0.3 is 139 Å². The number of ether oxygens (including phenoxy) is 12. The summed E-state index contributed by atoms with van der Waals surface area (Å²) in [5.41, 5.74) is -6.89. The van der Waals surface area contributed by atoms with Gasteiger partial charge in [0.05, 0.1) is 68.6 Å². The minimum atomic E-state index is -2.34. The van der Waals surface area contributed by atoms with E-state index < -0.39 is 262 Å². The van der Waals surface area contributed by atoms with E-state index in [0.717, 1.165) is 12.5 Å². The second-order valence-corrected chi connectivity index (χ2v) is 32.1. The lowest BCUT2D eigenvalue weighted by Gasteiger charge is -2.73. The molecule has 5 aliphatic carbocycles. The van der Waals surface area contributed by atoms with Crippen molar-refractivity contribution in [2.45, 2.75) is 298 Å². The number of carbonyl (C=O) groups is 3. The first-order valence-electron chi connectivity index (χ1n) is 34.1. The topological polar surface area (TPSA) is 486 Å². The Morgan fingerprint density at radius 1 is 0.546 bits per heavy atom. The molecule has 97 heavy (non-hydrogen) atoms. The van der Waals surface area contributed by atoms with Crippen molar-refractivity contribution in [3.8, 4) is 0 Å². The van der Waals surface area contributed by atoms with E-state index in [1.165, 1.54) is 6.92 Å². The highest BCUT2D eigenvalue weighted by Crippen LogP contribution is 2.79. The van der Waals surface area contributed by atoms with Crippen molar-refractivity contribution in [3.63, 3.8) is 0 Å². The summed E-state index contributed by atoms with van der Waals surface area (Å²) < 4.78 is 72.7. The Hall–Kier alpha value is -2.85. The van der Waals surface area contributed by atoms with E-state index >= 15 is 4.79 Å². The summed E-state index contributed by atoms with van der Waals surface area (Å²) in [5, 5.41) is 181. The van der Waals surface area contributed by atoms with Crippen molar-refractivity contribution in [1.29, 1.82) is 0 Å². The number of allylic oxidation sites excluding steroid dienone is 2. The molecule has 0 aromatic heterocycles. The van der Waals surface area contributed by atoms with Gasteiger partial charge >= 0.3 is 17.9 Å². The van der Waals surface area contributed by atoms with E-state index in [9.17, 15) is 91.3 Å². The van der Waals surface area contributed by atoms with Gasteiger partial charge in [-0.2, -0.15) is 0 Å². The Kier molecular flexibility index (Phi) is 21.2. The van der Waals surface area contributed by atoms with Crippen LogP contribution in [0.15, 0.2) is 11.6 Å². The second-order valence-electron chi connectivity index (χ2n) is 32.1. The molecule has 0 aromatic carbocycles. The first-order valence-corrected chi connectivity index (χ1v) is 34.1. The number of aliphatic hydroxyl groups excluding tert-OH is 15. The van der Waals surface area contributed by atoms with E-state index in [-0.39, 0.29) is 23.7 Å². The second kappa shape index (κ2) is 27.3. The molecule has 12 bridgehead atoms. The standard InChI is InChI=1S/C66H104O31/c1-27-48-49(93-53-45(81)42(78)39(75)30(21-67)89-53)47(83)55(88-27)94-50-38(74)29(71)23-87-56(50)97-58(84)66-16-14-59(2,3)25-65(66,9)35-11-10-34-61(5)18-28(70)52(62(6,26-69)33(61)12-13-63(34,7)64(35,8)15-17-66)96-57-51(44(80)40(76)31(22-68)90-57)95-54-46(82)43(79)41(77)32(91-54)24-86-36(72)19-60(4,85)20-37(73)92-48/h11,27-34,38-57,67-71,74-83,85H,10,12-26H2,1-9H3/t27-,28-,29-,30+,31+,32+,33+,34+,38-,39+,40+,41-,42-,43+,44-,45+,46-,47+,48-,49-,50+,51+,52-,53-,54-,55-,56-,57-,60?,61-,62-,63+,64+,65-,66+/m0/s1. The minimum absolute atomic E-state index is 0.124. The molecule has 14 aliphatic rings. The first kappa shape index (κ1) is 75.3. The van der Waals surface area contributed by atoms with Crippen molar-refractivity contribution in [3.05, 3.63) is 11.6 Å². The van der Waals surface area contributed by atoms with Gasteiger partial charge in [0.1, 0.15) is 104 Å². The summed E-state index contributed by atoms with van der Waals surface area (Å²) >= 11 is 0. The summed E-state index contributed by atoms with van der Waals surface area (Å²) in [6.07, 6.45) is -43.5. The van der Waals surface area contributed by atoms with Gasteiger partial charge in [0.2, 0.25) is 6.29 Å². The Bertz CT molecular complexity index is 2860. The summed E-state index contributed by atoms with van der Waals surface area (Å²) in [6, 6.07) is 0. The third-order valence-electron chi connectivity index (χ3n) is 25.3. The third-order valence-corrected chi connectivity index (χ3v) is 25.3. The van der Waals surface area contributed by atoms with Crippen molar-refractivity contribution >= 4 is 17.9 Å². The molecule has 0 aromatic rings. The van der Waals surface area contributed by atoms with Crippen molar-refractivity contribution in [2.75, 3.05) is 33.0 Å². The Morgan fingerprint density at radius 3 is 1.84 bits per heavy atom. The molecular weight excluding hydrogens is 1290 g/mol. The van der Waals surface area contributed by atoms with Gasteiger partial charge in [0.25, 0.3) is 0 Å². The normalized spacial score (nSPS) is 54.7. The van der Waals surface area contributed by atoms with Crippen LogP contribution in [-0.4, -0.2) is 298 Å². The molecule has 31 nitrogen and oxygen atoms in total. The van der Waals surface area contributed by atoms with Crippen LogP contribution in [0.5, 0.6) is 0 Å². The van der Waals surface area contributed by atoms with Crippen LogP contribution in [0.2, 0.25) is 0 Å². The zero-order valence-corrected chi connectivity index (χ0v) is 56.3. The molecule has 554 valence electrons. The highest BCUT2D eigenvalue weighted by Gasteiger charge is 2.74. The predicted octanol–water partition coefficient (Wildman–Crippen LogP) is -3.56. The van der Waals surface area contributed by atoms with E-state index in [0.29, 0.717) is 51.4 Å². The van der Waals surface area contributed by atoms with E-state index in [1.807, 2.05) is 0 Å². The zero-order chi connectivity index (χ0) is 71.0. The van der Waals surface area contributed by atoms with Crippen molar-refractivity contribution in [2.24, 2.45) is 49.7 Å². The van der Waals surface area contributed by atoms with E-state index in [2.05, 4.69) is 47.6 Å². The number of aliphatic hydroxyl groups is 16. The predicted molar refractivity (Wildman–Crippen MR) is 323 cm³/mol. The van der Waals surface area contributed by atoms with Crippen molar-refractivity contribution in [1.82, 2.24) is 0 Å². The molecule has 14 rings (SSSR count). The maximum Gasteiger partial charge on any atom is 0.315 e. The van der Waals surface area contributed by atoms with Gasteiger partial charge in [-0.15, -0.1) is 0 Å². The largest absolute Gasteiger partial charge is 0.463 e. The molecule has 9 aliphatic heterocycles. The Labute approximate surface area is 561 Å². The monoisotopic (exact) mass is 1390 g/mol. The molecule has 1 unspecified atom stereocenters. The lowest BCUT2D eigenvalue weighted by molar-refractivity contribution is -0.384. The van der Waals surface area contributed by atoms with Gasteiger partial charge in [-0.3, -0.25) is 14.4 Å². The third kappa shape index (κ3) is 12.8. The first-order chi connectivity index (χ1) is 45.3. The molecule has 35 atom stereocenters. The molecule has 0 amide bonds. The number of esters is 3. The van der Waals surface area contributed by atoms with Crippen LogP contribution in [0.25, 0.3) is 0 Å². The van der Waals surface area contributed by atoms with Crippen LogP contribution < -0.4 is 0 Å². The van der Waals surface area contributed by atoms with Gasteiger partial charge in [-0.1, -0.05) is 60.1 Å². The van der Waals surface area contributed by atoms with Gasteiger partial charge in [-0.05, 0) is 105 Å². The lowest BCUT2D eigenvalue weighted by atomic mass is 9.31. The molecule has 31 heteroatoms. The summed E-state index contributed by atoms with van der Waals surface area (Å²) in [7, 11) is 0. The average molecular weight is 1390 g/mol. The van der Waals surface area contributed by atoms with Crippen LogP contribution in [0.3, 0.4) is 0 Å². The highest BCUT2D eigenvalue weighted by atomic mass is 16.8. The number of hydrogen-bond donors (Lipinski definition) is 16. The lowest BCUT2D eigenvalue weighted by Crippen LogP contribution is -2.70. The maximum absolute atomic E-state index is 15.9. The van der Waals surface area contributed by atoms with Gasteiger partial charge in [0.15, 0.2) is 37.4 Å². The smallest absolute Gasteiger partial charge is 0.315 e. The Morgan fingerprint density at radius 2 is 1.16 bits per heavy atom. The van der Waals surface area contributed by atoms with Crippen LogP contribution in [0.1, 0.15) is 133 Å². The fraction of sp³-hybridized carbons (Fsp3) is 0.924. The van der Waals surface area contributed by atoms with Crippen molar-refractivity contribution < 1.29 is 153 Å². The SMILES string of the molecule is C[C@@H]1O[C@H]2O[C@H]3[C@@H](OC[C@H](O)[C@@H]3O)OC(=O)[C@]34CCC(C)(C)C[C@@]3(C)C3=CC[C@@H]5[C@@]6(C)C[C@H](O)[C@H](O[C@@H]7O[C@H](CO)[C@@H](O)[C@H](O)[C@H]7O[C@@H]7O[C@H](COC(=O)CC(C)(O)CC(=O)O[C@@H]1[C@@H](O[C@@H]1O[C@H](CO)[C@@H](O)[C@H](O)[C@H]1O)[C@H]2O)[C@H](O)[C@@H](O)[C@@H]7O)[C@@](C)(CO)[C@@H]6CC[C@@]5(C)[C@]3(C)CC4. The fourth-order valence-corrected chi connectivity index (χ4v) is 19.9. The van der Waals surface area contributed by atoms with Crippen LogP contribution >= 0.6 is 0 Å². The van der Waals surface area contributed by atoms with Crippen LogP contribution in [-0.2, 0) is 71.2 Å². The zero-order valence-electron chi connectivity index (χ0n) is 56.3. The number of carbonyl (C=O) groups excluding carboxylic acids is 3. The average Bonchev–Trinajstić information content (AvgIpc) is 0.664. The molecule has 7 saturated heterocycles. The minimum Gasteiger partial charge on any atom is -0.463 e. The summed E-state index contributed by atoms with van der Waals surface area (Å²) in [6.45, 7) is 13.5. The quantitative estimate of drug-likeness (QED) is 0.0548. The fourth-order valence-electron chi connectivity index (χ4n) is 19.9. The van der Waals surface area contributed by atoms with E-state index in [4.69, 9.17) is 56.8 Å². The van der Waals surface area contributed by atoms with Gasteiger partial charge in [-0.25, -0.2) is 0 Å². The molecule has 1 spiro atoms. The van der Waals surface area contributed by atoms with Gasteiger partial charge in [0, 0.05) is 10.8 Å². The summed E-state index contributed by atoms with van der Waals surface area (Å²) in [4.78, 5) is 43.5. The molecular formula is C66H104O31. The number of rotatable bonds is 5. The molecule has 11 fully saturated rings. The molecule has 16 N–H and O–H groups in total. The molecule has 0 radical (unpaired) electrons. The van der Waals surface area contributed by atoms with Crippen LogP contribution in [0.4, 0.5) is 0 Å². The molecule has 4 saturated carbocycles. The van der Waals surface area contributed by atoms with Crippen LogP contribution in [0, 0.1) is 49.7 Å². The maximum atomic E-state index is 15.9. The Balaban J connectivity index is 0.969.